The van der Waals surface area contributed by atoms with Gasteiger partial charge in [0.1, 0.15) is 12.2 Å². The maximum absolute atomic E-state index is 11.2. The van der Waals surface area contributed by atoms with Crippen molar-refractivity contribution < 1.29 is 19.1 Å². The number of allylic oxidation sites excluding steroid dienone is 1. The van der Waals surface area contributed by atoms with Crippen LogP contribution in [0, 0.1) is 0 Å². The van der Waals surface area contributed by atoms with Gasteiger partial charge >= 0.3 is 5.97 Å². The van der Waals surface area contributed by atoms with Crippen LogP contribution in [0.5, 0.6) is 0 Å². The molecule has 1 unspecified atom stereocenters. The second-order valence-corrected chi connectivity index (χ2v) is 3.36. The maximum Gasteiger partial charge on any atom is 0.313 e. The van der Waals surface area contributed by atoms with Crippen LogP contribution in [0.2, 0.25) is 0 Å². The van der Waals surface area contributed by atoms with Gasteiger partial charge in [-0.25, -0.2) is 0 Å². The number of carbonyl (C=O) groups excluding carboxylic acids is 2. The molecule has 0 amide bonds. The third-order valence-corrected chi connectivity index (χ3v) is 1.95. The van der Waals surface area contributed by atoms with Crippen molar-refractivity contribution >= 4 is 11.8 Å². The lowest BCUT2D eigenvalue weighted by molar-refractivity contribution is -0.145. The van der Waals surface area contributed by atoms with Gasteiger partial charge in [0.25, 0.3) is 0 Å². The molecule has 0 saturated carbocycles. The molecule has 1 rings (SSSR count). The van der Waals surface area contributed by atoms with Crippen LogP contribution in [0.3, 0.4) is 0 Å². The van der Waals surface area contributed by atoms with E-state index in [9.17, 15) is 9.59 Å². The third-order valence-electron chi connectivity index (χ3n) is 1.95. The van der Waals surface area contributed by atoms with E-state index in [1.54, 1.807) is 6.92 Å². The first kappa shape index (κ1) is 11.9. The highest BCUT2D eigenvalue weighted by atomic mass is 16.6. The van der Waals surface area contributed by atoms with E-state index in [4.69, 9.17) is 4.74 Å². The van der Waals surface area contributed by atoms with Crippen molar-refractivity contribution in [2.24, 2.45) is 0 Å². The summed E-state index contributed by atoms with van der Waals surface area (Å²) in [5, 5.41) is 0. The van der Waals surface area contributed by atoms with E-state index < -0.39 is 5.97 Å². The minimum Gasteiger partial charge on any atom is -0.466 e. The van der Waals surface area contributed by atoms with Crippen molar-refractivity contribution in [1.29, 1.82) is 0 Å². The smallest absolute Gasteiger partial charge is 0.313 e. The first-order chi connectivity index (χ1) is 7.22. The zero-order valence-corrected chi connectivity index (χ0v) is 8.90. The Balaban J connectivity index is 2.04. The Hall–Kier alpha value is -1.16. The number of hydrogen-bond acceptors (Lipinski definition) is 4. The highest BCUT2D eigenvalue weighted by Crippen LogP contribution is 2.10. The summed E-state index contributed by atoms with van der Waals surface area (Å²) in [5.41, 5.74) is 0. The zero-order chi connectivity index (χ0) is 11.1. The number of rotatable bonds is 7. The van der Waals surface area contributed by atoms with Crippen molar-refractivity contribution in [3.63, 3.8) is 0 Å². The molecule has 1 aliphatic rings. The van der Waals surface area contributed by atoms with Crippen LogP contribution in [-0.4, -0.2) is 31.1 Å². The van der Waals surface area contributed by atoms with Crippen molar-refractivity contribution in [3.05, 3.63) is 12.2 Å². The SMILES string of the molecule is CCOC(=O)CC(=O)CC/C=C/C1CO1. The highest BCUT2D eigenvalue weighted by Gasteiger charge is 2.17. The van der Waals surface area contributed by atoms with Crippen LogP contribution in [0.15, 0.2) is 12.2 Å². The fraction of sp³-hybridized carbons (Fsp3) is 0.636. The minimum absolute atomic E-state index is 0.0742. The Bertz CT molecular complexity index is 253. The molecule has 4 heteroatoms. The van der Waals surface area contributed by atoms with E-state index in [2.05, 4.69) is 4.74 Å². The molecule has 0 aliphatic carbocycles. The van der Waals surface area contributed by atoms with Crippen LogP contribution in [0.25, 0.3) is 0 Å². The molecule has 0 bridgehead atoms. The van der Waals surface area contributed by atoms with Gasteiger partial charge in [0, 0.05) is 6.42 Å². The summed E-state index contributed by atoms with van der Waals surface area (Å²) in [6, 6.07) is 0. The quantitative estimate of drug-likeness (QED) is 0.276. The first-order valence-corrected chi connectivity index (χ1v) is 5.18. The van der Waals surface area contributed by atoms with E-state index in [0.29, 0.717) is 19.4 Å². The predicted molar refractivity (Wildman–Crippen MR) is 54.4 cm³/mol. The van der Waals surface area contributed by atoms with Crippen molar-refractivity contribution in [2.45, 2.75) is 32.3 Å². The summed E-state index contributed by atoms with van der Waals surface area (Å²) in [7, 11) is 0. The topological polar surface area (TPSA) is 55.9 Å². The molecule has 1 aliphatic heterocycles. The lowest BCUT2D eigenvalue weighted by atomic mass is 10.1. The molecule has 0 aromatic rings. The molecule has 1 saturated heterocycles. The molecular weight excluding hydrogens is 196 g/mol. The second-order valence-electron chi connectivity index (χ2n) is 3.36. The van der Waals surface area contributed by atoms with Crippen molar-refractivity contribution in [2.75, 3.05) is 13.2 Å². The van der Waals surface area contributed by atoms with E-state index in [1.165, 1.54) is 0 Å². The van der Waals surface area contributed by atoms with E-state index in [1.807, 2.05) is 12.2 Å². The molecule has 1 fully saturated rings. The van der Waals surface area contributed by atoms with Crippen LogP contribution < -0.4 is 0 Å². The summed E-state index contributed by atoms with van der Waals surface area (Å²) in [5.74, 6) is -0.508. The number of Topliss-reactive ketones (excluding diaryl/α,β-unsaturated/α-hetero) is 1. The summed E-state index contributed by atoms with van der Waals surface area (Å²) in [4.78, 5) is 22.1. The van der Waals surface area contributed by atoms with Gasteiger partial charge in [0.2, 0.25) is 0 Å². The van der Waals surface area contributed by atoms with E-state index >= 15 is 0 Å². The molecule has 1 heterocycles. The number of ether oxygens (including phenoxy) is 2. The molecular formula is C11H16O4. The maximum atomic E-state index is 11.2. The number of ketones is 1. The molecule has 0 spiro atoms. The fourth-order valence-corrected chi connectivity index (χ4v) is 1.12. The first-order valence-electron chi connectivity index (χ1n) is 5.18. The highest BCUT2D eigenvalue weighted by molar-refractivity contribution is 5.95. The molecule has 0 aromatic heterocycles. The Morgan fingerprint density at radius 3 is 2.87 bits per heavy atom. The summed E-state index contributed by atoms with van der Waals surface area (Å²) in [6.07, 6.45) is 5.06. The van der Waals surface area contributed by atoms with Crippen molar-refractivity contribution in [3.8, 4) is 0 Å². The molecule has 0 radical (unpaired) electrons. The molecule has 84 valence electrons. The number of hydrogen-bond donors (Lipinski definition) is 0. The zero-order valence-electron chi connectivity index (χ0n) is 8.90. The van der Waals surface area contributed by atoms with Gasteiger partial charge < -0.3 is 9.47 Å². The average Bonchev–Trinajstić information content (AvgIpc) is 2.96. The van der Waals surface area contributed by atoms with Crippen LogP contribution >= 0.6 is 0 Å². The van der Waals surface area contributed by atoms with Gasteiger partial charge in [-0.3, -0.25) is 9.59 Å². The van der Waals surface area contributed by atoms with Crippen LogP contribution in [0.1, 0.15) is 26.2 Å². The second kappa shape index (κ2) is 6.35. The van der Waals surface area contributed by atoms with Gasteiger partial charge in [-0.15, -0.1) is 0 Å². The van der Waals surface area contributed by atoms with Gasteiger partial charge in [0.15, 0.2) is 0 Å². The largest absolute Gasteiger partial charge is 0.466 e. The van der Waals surface area contributed by atoms with Gasteiger partial charge in [-0.2, -0.15) is 0 Å². The Morgan fingerprint density at radius 2 is 2.27 bits per heavy atom. The number of epoxide rings is 1. The monoisotopic (exact) mass is 212 g/mol. The Morgan fingerprint density at radius 1 is 1.53 bits per heavy atom. The molecule has 0 N–H and O–H groups in total. The number of carbonyl (C=O) groups is 2. The lowest BCUT2D eigenvalue weighted by Gasteiger charge is -1.99. The fourth-order valence-electron chi connectivity index (χ4n) is 1.12. The molecule has 0 aromatic carbocycles. The van der Waals surface area contributed by atoms with Crippen LogP contribution in [-0.2, 0) is 19.1 Å². The summed E-state index contributed by atoms with van der Waals surface area (Å²) >= 11 is 0. The van der Waals surface area contributed by atoms with Gasteiger partial charge in [-0.05, 0) is 13.3 Å². The summed E-state index contributed by atoms with van der Waals surface area (Å²) < 4.78 is 9.64. The summed E-state index contributed by atoms with van der Waals surface area (Å²) in [6.45, 7) is 2.83. The average molecular weight is 212 g/mol. The normalized spacial score (nSPS) is 19.1. The molecule has 4 nitrogen and oxygen atoms in total. The van der Waals surface area contributed by atoms with Crippen molar-refractivity contribution in [1.82, 2.24) is 0 Å². The molecule has 15 heavy (non-hydrogen) atoms. The standard InChI is InChI=1S/C11H16O4/c1-2-14-11(13)7-9(12)5-3-4-6-10-8-15-10/h4,6,10H,2-3,5,7-8H2,1H3/b6-4+. The molecule has 1 atom stereocenters. The third kappa shape index (κ3) is 6.01. The van der Waals surface area contributed by atoms with E-state index in [0.717, 1.165) is 6.61 Å². The Kier molecular flexibility index (Phi) is 5.04. The lowest BCUT2D eigenvalue weighted by Crippen LogP contribution is -2.10. The van der Waals surface area contributed by atoms with E-state index in [-0.39, 0.29) is 18.3 Å². The van der Waals surface area contributed by atoms with Gasteiger partial charge in [-0.1, -0.05) is 12.2 Å². The van der Waals surface area contributed by atoms with Gasteiger partial charge in [0.05, 0.1) is 19.3 Å². The van der Waals surface area contributed by atoms with Crippen LogP contribution in [0.4, 0.5) is 0 Å². The Labute approximate surface area is 89.2 Å². The predicted octanol–water partition coefficient (Wildman–Crippen LogP) is 1.24. The number of esters is 1. The minimum atomic E-state index is -0.433.